The van der Waals surface area contributed by atoms with Crippen LogP contribution in [0.4, 0.5) is 0 Å². The van der Waals surface area contributed by atoms with E-state index in [4.69, 9.17) is 10.1 Å². The molecule has 6 heteroatoms. The number of benzene rings is 1. The maximum atomic E-state index is 9.28. The highest BCUT2D eigenvalue weighted by atomic mass is 16.3. The van der Waals surface area contributed by atoms with Crippen molar-refractivity contribution in [2.45, 2.75) is 57.8 Å². The molecule has 2 bridgehead atoms. The Kier molecular flexibility index (Phi) is 4.18. The normalized spacial score (nSPS) is 21.0. The number of aromatic nitrogens is 4. The Labute approximate surface area is 175 Å². The first kappa shape index (κ1) is 18.1. The summed E-state index contributed by atoms with van der Waals surface area (Å²) >= 11 is 0. The lowest BCUT2D eigenvalue weighted by Gasteiger charge is -2.36. The smallest absolute Gasteiger partial charge is 0.155 e. The lowest BCUT2D eigenvalue weighted by molar-refractivity contribution is 0.165. The molecular weight excluding hydrogens is 374 g/mol. The van der Waals surface area contributed by atoms with Crippen LogP contribution in [0.3, 0.4) is 0 Å². The van der Waals surface area contributed by atoms with Crippen LogP contribution in [0.2, 0.25) is 0 Å². The van der Waals surface area contributed by atoms with E-state index >= 15 is 0 Å². The lowest BCUT2D eigenvalue weighted by atomic mass is 9.98. The molecule has 2 atom stereocenters. The van der Waals surface area contributed by atoms with E-state index in [1.54, 1.807) is 0 Å². The van der Waals surface area contributed by atoms with Crippen LogP contribution in [0.5, 0.6) is 0 Å². The molecule has 1 N–H and O–H groups in total. The molecule has 2 aliphatic heterocycles. The van der Waals surface area contributed by atoms with Gasteiger partial charge in [0.1, 0.15) is 0 Å². The molecule has 30 heavy (non-hydrogen) atoms. The van der Waals surface area contributed by atoms with Crippen molar-refractivity contribution in [3.8, 4) is 0 Å². The van der Waals surface area contributed by atoms with Gasteiger partial charge in [-0.3, -0.25) is 4.90 Å². The highest BCUT2D eigenvalue weighted by Gasteiger charge is 2.41. The zero-order chi connectivity index (χ0) is 20.2. The monoisotopic (exact) mass is 401 g/mol. The summed E-state index contributed by atoms with van der Waals surface area (Å²) in [6.07, 6.45) is 8.63. The lowest BCUT2D eigenvalue weighted by Crippen LogP contribution is -2.38. The molecule has 1 fully saturated rings. The maximum Gasteiger partial charge on any atom is 0.155 e. The highest BCUT2D eigenvalue weighted by Crippen LogP contribution is 2.44. The predicted octanol–water partition coefficient (Wildman–Crippen LogP) is 3.64. The maximum absolute atomic E-state index is 9.28. The first-order valence-electron chi connectivity index (χ1n) is 11.0. The Bertz CT molecular complexity index is 1240. The Morgan fingerprint density at radius 3 is 3.00 bits per heavy atom. The van der Waals surface area contributed by atoms with Crippen LogP contribution in [0.25, 0.3) is 16.6 Å². The molecule has 6 rings (SSSR count). The Morgan fingerprint density at radius 1 is 1.20 bits per heavy atom. The fraction of sp³-hybridized carbons (Fsp3) is 0.417. The van der Waals surface area contributed by atoms with Gasteiger partial charge in [-0.2, -0.15) is 5.10 Å². The van der Waals surface area contributed by atoms with E-state index in [1.165, 1.54) is 40.6 Å². The standard InChI is InChI=1S/C24H27N5O/c1-16-11-24-25-13-20-22-8-7-18(12-23(20)29(24)26-16)28(22)15-17-14-27(9-4-10-30)21-6-3-2-5-19(17)21/h2-3,5-6,11,13-14,18,22,30H,4,7-10,12,15H2,1H3. The number of aryl methyl sites for hydroxylation is 2. The van der Waals surface area contributed by atoms with E-state index in [-0.39, 0.29) is 6.61 Å². The van der Waals surface area contributed by atoms with Crippen LogP contribution in [0.15, 0.2) is 42.7 Å². The fourth-order valence-electron chi connectivity index (χ4n) is 5.62. The number of aliphatic hydroxyl groups is 1. The molecule has 0 saturated carbocycles. The number of fused-ring (bicyclic) bond motifs is 7. The van der Waals surface area contributed by atoms with Crippen LogP contribution in [0.1, 0.15) is 47.8 Å². The number of hydrogen-bond acceptors (Lipinski definition) is 4. The first-order chi connectivity index (χ1) is 14.7. The molecule has 5 heterocycles. The molecular formula is C24H27N5O. The van der Waals surface area contributed by atoms with Crippen LogP contribution in [0, 0.1) is 6.92 Å². The van der Waals surface area contributed by atoms with Crippen LogP contribution < -0.4 is 0 Å². The van der Waals surface area contributed by atoms with Crippen molar-refractivity contribution >= 4 is 16.6 Å². The van der Waals surface area contributed by atoms with Crippen molar-refractivity contribution in [1.82, 2.24) is 24.1 Å². The molecule has 0 radical (unpaired) electrons. The number of hydrogen-bond donors (Lipinski definition) is 1. The summed E-state index contributed by atoms with van der Waals surface area (Å²) < 4.78 is 4.38. The summed E-state index contributed by atoms with van der Waals surface area (Å²) in [6, 6.07) is 11.7. The second kappa shape index (κ2) is 6.93. The molecule has 1 aromatic carbocycles. The zero-order valence-corrected chi connectivity index (χ0v) is 17.3. The Hall–Kier alpha value is -2.70. The van der Waals surface area contributed by atoms with E-state index in [2.05, 4.69) is 56.7 Å². The molecule has 6 nitrogen and oxygen atoms in total. The van der Waals surface area contributed by atoms with E-state index in [1.807, 2.05) is 6.92 Å². The van der Waals surface area contributed by atoms with Crippen molar-refractivity contribution in [2.24, 2.45) is 0 Å². The van der Waals surface area contributed by atoms with Gasteiger partial charge in [-0.05, 0) is 37.8 Å². The van der Waals surface area contributed by atoms with Gasteiger partial charge in [0.15, 0.2) is 5.65 Å². The third kappa shape index (κ3) is 2.71. The molecule has 0 aliphatic carbocycles. The van der Waals surface area contributed by atoms with Gasteiger partial charge < -0.3 is 9.67 Å². The third-order valence-corrected chi connectivity index (χ3v) is 6.95. The van der Waals surface area contributed by atoms with Gasteiger partial charge >= 0.3 is 0 Å². The summed E-state index contributed by atoms with van der Waals surface area (Å²) in [5, 5.41) is 15.3. The number of aliphatic hydroxyl groups excluding tert-OH is 1. The molecule has 0 amide bonds. The van der Waals surface area contributed by atoms with E-state index in [9.17, 15) is 5.11 Å². The second-order valence-corrected chi connectivity index (χ2v) is 8.78. The van der Waals surface area contributed by atoms with Gasteiger partial charge in [0.25, 0.3) is 0 Å². The van der Waals surface area contributed by atoms with Crippen molar-refractivity contribution in [2.75, 3.05) is 6.61 Å². The predicted molar refractivity (Wildman–Crippen MR) is 116 cm³/mol. The molecule has 0 spiro atoms. The minimum Gasteiger partial charge on any atom is -0.396 e. The summed E-state index contributed by atoms with van der Waals surface area (Å²) in [5.41, 5.74) is 7.34. The van der Waals surface area contributed by atoms with Crippen LogP contribution >= 0.6 is 0 Å². The minimum atomic E-state index is 0.225. The summed E-state index contributed by atoms with van der Waals surface area (Å²) in [4.78, 5) is 7.39. The summed E-state index contributed by atoms with van der Waals surface area (Å²) in [7, 11) is 0. The van der Waals surface area contributed by atoms with Gasteiger partial charge in [-0.25, -0.2) is 9.50 Å². The van der Waals surface area contributed by atoms with Gasteiger partial charge in [-0.1, -0.05) is 18.2 Å². The number of para-hydroxylation sites is 1. The third-order valence-electron chi connectivity index (χ3n) is 6.95. The van der Waals surface area contributed by atoms with E-state index < -0.39 is 0 Å². The average molecular weight is 402 g/mol. The topological polar surface area (TPSA) is 58.6 Å². The van der Waals surface area contributed by atoms with Gasteiger partial charge in [-0.15, -0.1) is 0 Å². The average Bonchev–Trinajstić information content (AvgIpc) is 3.39. The molecule has 1 saturated heterocycles. The quantitative estimate of drug-likeness (QED) is 0.555. The fourth-order valence-corrected chi connectivity index (χ4v) is 5.62. The van der Waals surface area contributed by atoms with Crippen molar-refractivity contribution < 1.29 is 5.11 Å². The van der Waals surface area contributed by atoms with Gasteiger partial charge in [0, 0.05) is 73.1 Å². The van der Waals surface area contributed by atoms with E-state index in [0.717, 1.165) is 37.3 Å². The summed E-state index contributed by atoms with van der Waals surface area (Å²) in [5.74, 6) is 0. The molecule has 2 unspecified atom stereocenters. The molecule has 4 aromatic rings. The van der Waals surface area contributed by atoms with Gasteiger partial charge in [0.2, 0.25) is 0 Å². The number of rotatable bonds is 5. The largest absolute Gasteiger partial charge is 0.396 e. The zero-order valence-electron chi connectivity index (χ0n) is 17.3. The summed E-state index contributed by atoms with van der Waals surface area (Å²) in [6.45, 7) is 4.07. The van der Waals surface area contributed by atoms with Crippen molar-refractivity contribution in [3.05, 3.63) is 65.2 Å². The minimum absolute atomic E-state index is 0.225. The first-order valence-corrected chi connectivity index (χ1v) is 11.0. The SMILES string of the molecule is Cc1cc2ncc3c(n2n1)CC1CCC3N1Cc1cn(CCCO)c2ccccc12. The molecule has 2 aliphatic rings. The Balaban J connectivity index is 1.37. The second-order valence-electron chi connectivity index (χ2n) is 8.78. The highest BCUT2D eigenvalue weighted by molar-refractivity contribution is 5.84. The van der Waals surface area contributed by atoms with Crippen LogP contribution in [-0.2, 0) is 19.5 Å². The Morgan fingerprint density at radius 2 is 2.10 bits per heavy atom. The van der Waals surface area contributed by atoms with Crippen molar-refractivity contribution in [1.29, 1.82) is 0 Å². The van der Waals surface area contributed by atoms with Crippen LogP contribution in [-0.4, -0.2) is 41.8 Å². The van der Waals surface area contributed by atoms with Crippen molar-refractivity contribution in [3.63, 3.8) is 0 Å². The molecule has 3 aromatic heterocycles. The van der Waals surface area contributed by atoms with E-state index in [0.29, 0.717) is 12.1 Å². The van der Waals surface area contributed by atoms with Gasteiger partial charge in [0.05, 0.1) is 11.4 Å². The number of nitrogens with zero attached hydrogens (tertiary/aromatic N) is 5. The molecule has 154 valence electrons.